The Bertz CT molecular complexity index is 4560. The van der Waals surface area contributed by atoms with E-state index in [-0.39, 0.29) is 81.7 Å². The molecule has 0 fully saturated rings. The van der Waals surface area contributed by atoms with Crippen LogP contribution in [-0.2, 0) is 107 Å². The molecule has 16 nitrogen and oxygen atoms in total. The van der Waals surface area contributed by atoms with Gasteiger partial charge in [0.15, 0.2) is 0 Å². The van der Waals surface area contributed by atoms with Crippen molar-refractivity contribution < 1.29 is 81.7 Å². The van der Waals surface area contributed by atoms with Crippen LogP contribution in [0, 0.1) is 38.1 Å². The molecule has 492 valence electrons. The van der Waals surface area contributed by atoms with Crippen molar-refractivity contribution in [3.63, 3.8) is 0 Å². The van der Waals surface area contributed by atoms with Crippen molar-refractivity contribution in [2.24, 2.45) is 20.0 Å². The number of aryl methyl sites for hydroxylation is 2. The molecule has 12 aromatic rings. The van der Waals surface area contributed by atoms with Crippen LogP contribution in [-0.4, -0.2) is 62.9 Å². The van der Waals surface area contributed by atoms with Crippen LogP contribution >= 0.6 is 0 Å². The summed E-state index contributed by atoms with van der Waals surface area (Å²) in [4.78, 5) is 53.1. The zero-order chi connectivity index (χ0) is 63.7. The van der Waals surface area contributed by atoms with Crippen LogP contribution < -0.4 is 20.2 Å². The molecule has 0 bridgehead atoms. The van der Waals surface area contributed by atoms with E-state index < -0.39 is 0 Å². The van der Waals surface area contributed by atoms with Gasteiger partial charge < -0.3 is 50.3 Å². The number of benzene rings is 4. The van der Waals surface area contributed by atoms with Crippen molar-refractivity contribution in [3.8, 4) is 45.6 Å². The van der Waals surface area contributed by atoms with E-state index in [2.05, 4.69) is 144 Å². The van der Waals surface area contributed by atoms with E-state index in [1.807, 2.05) is 166 Å². The molecule has 0 saturated heterocycles. The topological polar surface area (TPSA) is 209 Å². The molecule has 4 aliphatic rings. The molecule has 16 rings (SSSR count). The smallest absolute Gasteiger partial charge is 0.619 e. The van der Waals surface area contributed by atoms with Crippen LogP contribution in [0.1, 0.15) is 105 Å². The zero-order valence-electron chi connectivity index (χ0n) is 53.0. The molecule has 0 spiro atoms. The predicted molar refractivity (Wildman–Crippen MR) is 366 cm³/mol. The van der Waals surface area contributed by atoms with Gasteiger partial charge in [-0.3, -0.25) is 29.9 Å². The molecular formula is C78H60N16Pd4. The summed E-state index contributed by atoms with van der Waals surface area (Å²) in [6, 6.07) is 66.2. The summed E-state index contributed by atoms with van der Waals surface area (Å²) in [5, 5.41) is 16.4. The minimum Gasteiger partial charge on any atom is -0.619 e. The van der Waals surface area contributed by atoms with Gasteiger partial charge in [-0.1, -0.05) is 91.2 Å². The first-order chi connectivity index (χ1) is 46.3. The standard InChI is InChI=1S/2C20H16N4.2C19H14N4.4Pd/c1-14-11-20(24-23-14)16-6-2-5-15(12-16)13-17-7-3-8-19(22-17)18-9-4-10-21-18;1-14-11-20(24-23-14)19-8-3-7-17(22-19)13-15-5-2-6-16(12-15)18-9-4-10-21-18;1-4-14(12-15(5-1)19-21-10-11-22-19)13-16-6-2-7-18(23-16)17-8-3-9-20-17;1-4-14(12-15(5-1)17-8-3-9-20-17)13-16-6-2-7-18(23-16)19-21-10-11-22-19;;;;/h2*2-8,10-11H,9,13H2,1H3;2*1-7,9-11H,8,13H2;;;;/q4*-2;4*+2. The normalized spacial score (nSPS) is 12.8. The average Bonchev–Trinajstić information content (AvgIpc) is 1.54. The molecule has 98 heavy (non-hydrogen) atoms. The van der Waals surface area contributed by atoms with E-state index >= 15 is 0 Å². The first-order valence-electron chi connectivity index (χ1n) is 30.9. The molecule has 0 unspecified atom stereocenters. The Balaban J connectivity index is 0.000000151. The molecular weight excluding hydrogens is 1590 g/mol. The van der Waals surface area contributed by atoms with Crippen LogP contribution in [0.5, 0.6) is 0 Å². The van der Waals surface area contributed by atoms with Crippen molar-refractivity contribution in [1.29, 1.82) is 0 Å². The van der Waals surface area contributed by atoms with Crippen LogP contribution in [0.25, 0.3) is 45.6 Å². The number of aromatic nitrogens is 12. The Kier molecular flexibility index (Phi) is 27.0. The Morgan fingerprint density at radius 1 is 0.347 bits per heavy atom. The average molecular weight is 1650 g/mol. The second kappa shape index (κ2) is 36.3. The van der Waals surface area contributed by atoms with Gasteiger partial charge in [-0.25, -0.2) is 5.69 Å². The van der Waals surface area contributed by atoms with Gasteiger partial charge in [0.25, 0.3) is 0 Å². The Hall–Kier alpha value is -9.39. The summed E-state index contributed by atoms with van der Waals surface area (Å²) in [7, 11) is 0. The van der Waals surface area contributed by atoms with Gasteiger partial charge in [0, 0.05) is 77.5 Å². The third-order valence-electron chi connectivity index (χ3n) is 15.2. The third kappa shape index (κ3) is 19.9. The summed E-state index contributed by atoms with van der Waals surface area (Å²) in [5.74, 6) is 1.37. The molecule has 4 aliphatic heterocycles. The molecule has 0 atom stereocenters. The second-order valence-electron chi connectivity index (χ2n) is 22.3. The molecule has 0 radical (unpaired) electrons. The number of rotatable bonds is 16. The van der Waals surface area contributed by atoms with Crippen LogP contribution in [0.3, 0.4) is 0 Å². The largest absolute Gasteiger partial charge is 2.00 e. The van der Waals surface area contributed by atoms with E-state index in [0.717, 1.165) is 187 Å². The van der Waals surface area contributed by atoms with Gasteiger partial charge in [-0.05, 0) is 118 Å². The number of hydrogen-bond acceptors (Lipinski definition) is 12. The number of hydrogen-bond donors (Lipinski definition) is 0. The first-order valence-corrected chi connectivity index (χ1v) is 30.9. The third-order valence-corrected chi connectivity index (χ3v) is 15.2. The van der Waals surface area contributed by atoms with E-state index in [1.165, 1.54) is 0 Å². The maximum atomic E-state index is 4.74. The van der Waals surface area contributed by atoms with Gasteiger partial charge in [-0.15, -0.1) is 136 Å². The van der Waals surface area contributed by atoms with Gasteiger partial charge in [-0.2, -0.15) is 11.1 Å². The van der Waals surface area contributed by atoms with E-state index in [4.69, 9.17) is 15.0 Å². The zero-order valence-corrected chi connectivity index (χ0v) is 59.2. The Labute approximate surface area is 625 Å². The van der Waals surface area contributed by atoms with Crippen molar-refractivity contribution in [2.45, 2.75) is 65.2 Å². The molecule has 0 aliphatic carbocycles. The molecule has 20 heteroatoms. The number of imidazole rings is 2. The fraction of sp³-hybridized carbons (Fsp3) is 0.128. The van der Waals surface area contributed by atoms with Crippen molar-refractivity contribution in [3.05, 3.63) is 335 Å². The number of aliphatic imine (C=N–C) groups is 4. The summed E-state index contributed by atoms with van der Waals surface area (Å²) in [5.41, 5.74) is 23.6. The summed E-state index contributed by atoms with van der Waals surface area (Å²) in [6.45, 7) is 3.87. The van der Waals surface area contributed by atoms with Gasteiger partial charge in [0.05, 0.1) is 28.5 Å². The van der Waals surface area contributed by atoms with Crippen LogP contribution in [0.2, 0.25) is 0 Å². The number of nitrogens with zero attached hydrogens (tertiary/aromatic N) is 16. The Morgan fingerprint density at radius 3 is 1.10 bits per heavy atom. The van der Waals surface area contributed by atoms with E-state index in [9.17, 15) is 0 Å². The SMILES string of the molecule is Cc1cc(-c2[c-]c(Cc3cccc(C4=NC=CC4)n3)ccc2)[n-]n1.Cc1cc(-c2cccc(Cc3[c-]c(C4=NC=CC4)ccc3)n2)[n-]n1.[Pd+2].[Pd+2].[Pd+2].[Pd+2].[c-]1c(Cc2cccc(-c3ncc[n-]3)n2)cccc1C1=NC=CC1.[c-]1c(Cc2cccc(C3=NC=CC3)n2)cccc1-c1ncc[n-]1. The van der Waals surface area contributed by atoms with E-state index in [0.29, 0.717) is 11.6 Å². The fourth-order valence-corrected chi connectivity index (χ4v) is 10.7. The number of allylic oxidation sites excluding steroid dienone is 4. The summed E-state index contributed by atoms with van der Waals surface area (Å²) < 4.78 is 0. The second-order valence-corrected chi connectivity index (χ2v) is 22.3. The molecule has 0 amide bonds. The quantitative estimate of drug-likeness (QED) is 0.0654. The van der Waals surface area contributed by atoms with E-state index in [1.54, 1.807) is 24.8 Å². The van der Waals surface area contributed by atoms with Crippen molar-refractivity contribution >= 4 is 22.8 Å². The molecule has 0 saturated carbocycles. The fourth-order valence-electron chi connectivity index (χ4n) is 10.7. The molecule has 4 aromatic carbocycles. The van der Waals surface area contributed by atoms with Crippen molar-refractivity contribution in [2.75, 3.05) is 0 Å². The molecule has 8 aromatic heterocycles. The minimum atomic E-state index is 0. The van der Waals surface area contributed by atoms with Crippen molar-refractivity contribution in [1.82, 2.24) is 60.3 Å². The number of pyridine rings is 4. The minimum absolute atomic E-state index is 0. The maximum Gasteiger partial charge on any atom is 2.00 e. The Morgan fingerprint density at radius 2 is 0.694 bits per heavy atom. The maximum absolute atomic E-state index is 4.74. The summed E-state index contributed by atoms with van der Waals surface area (Å²) in [6.07, 6.45) is 28.7. The first kappa shape index (κ1) is 72.9. The molecule has 12 heterocycles. The van der Waals surface area contributed by atoms with Crippen LogP contribution in [0.15, 0.2) is 252 Å². The predicted octanol–water partition coefficient (Wildman–Crippen LogP) is 13.4. The van der Waals surface area contributed by atoms with Crippen LogP contribution in [0.4, 0.5) is 0 Å². The monoisotopic (exact) mass is 1640 g/mol. The van der Waals surface area contributed by atoms with Gasteiger partial charge >= 0.3 is 81.7 Å². The van der Waals surface area contributed by atoms with Gasteiger partial charge in [0.1, 0.15) is 0 Å². The van der Waals surface area contributed by atoms with Gasteiger partial charge in [0.2, 0.25) is 0 Å². The summed E-state index contributed by atoms with van der Waals surface area (Å²) >= 11 is 0. The molecule has 0 N–H and O–H groups in total.